The van der Waals surface area contributed by atoms with Gasteiger partial charge in [0.1, 0.15) is 12.0 Å². The molecule has 0 N–H and O–H groups in total. The minimum atomic E-state index is -2.34. The predicted molar refractivity (Wildman–Crippen MR) is 47.9 cm³/mol. The number of halogens is 2. The zero-order valence-corrected chi connectivity index (χ0v) is 7.45. The fraction of sp³-hybridized carbons (Fsp3) is 0.300. The molecule has 0 atom stereocenters. The van der Waals surface area contributed by atoms with Crippen LogP contribution >= 0.6 is 0 Å². The Bertz CT molecular complexity index is 283. The van der Waals surface area contributed by atoms with E-state index in [1.165, 1.54) is 0 Å². The Labute approximate surface area is 80.5 Å². The maximum absolute atomic E-state index is 11.7. The summed E-state index contributed by atoms with van der Waals surface area (Å²) in [5.74, 6) is 0.497. The van der Waals surface area contributed by atoms with Crippen molar-refractivity contribution < 1.29 is 18.3 Å². The Morgan fingerprint density at radius 1 is 1.29 bits per heavy atom. The largest absolute Gasteiger partial charge is 0.493 e. The van der Waals surface area contributed by atoms with Crippen molar-refractivity contribution in [1.29, 1.82) is 0 Å². The molecule has 4 heteroatoms. The van der Waals surface area contributed by atoms with Gasteiger partial charge in [-0.1, -0.05) is 0 Å². The summed E-state index contributed by atoms with van der Waals surface area (Å²) in [6.45, 7) is -0.0158. The number of carbonyl (C=O) groups excluding carboxylic acids is 1. The van der Waals surface area contributed by atoms with E-state index in [0.717, 1.165) is 0 Å². The second-order valence-electron chi connectivity index (χ2n) is 2.72. The Kier molecular flexibility index (Phi) is 4.04. The molecule has 0 saturated carbocycles. The number of benzene rings is 1. The van der Waals surface area contributed by atoms with Crippen molar-refractivity contribution >= 4 is 6.29 Å². The molecular weight excluding hydrogens is 190 g/mol. The van der Waals surface area contributed by atoms with Gasteiger partial charge in [0, 0.05) is 12.0 Å². The normalized spacial score (nSPS) is 10.2. The summed E-state index contributed by atoms with van der Waals surface area (Å²) < 4.78 is 28.5. The molecule has 2 nitrogen and oxygen atoms in total. The molecule has 76 valence electrons. The molecule has 1 rings (SSSR count). The lowest BCUT2D eigenvalue weighted by molar-refractivity contribution is 0.112. The Morgan fingerprint density at radius 2 is 1.93 bits per heavy atom. The Hall–Kier alpha value is -1.45. The number of carbonyl (C=O) groups is 1. The van der Waals surface area contributed by atoms with Crippen LogP contribution in [0.4, 0.5) is 8.78 Å². The Balaban J connectivity index is 2.40. The SMILES string of the molecule is O=Cc1ccc(OCCC(F)F)cc1. The van der Waals surface area contributed by atoms with Crippen LogP contribution in [0.2, 0.25) is 0 Å². The monoisotopic (exact) mass is 200 g/mol. The van der Waals surface area contributed by atoms with Gasteiger partial charge in [-0.15, -0.1) is 0 Å². The lowest BCUT2D eigenvalue weighted by Gasteiger charge is -2.05. The lowest BCUT2D eigenvalue weighted by Crippen LogP contribution is -2.02. The fourth-order valence-corrected chi connectivity index (χ4v) is 0.908. The van der Waals surface area contributed by atoms with Gasteiger partial charge in [-0.05, 0) is 24.3 Å². The molecule has 0 amide bonds. The molecule has 0 radical (unpaired) electrons. The quantitative estimate of drug-likeness (QED) is 0.682. The summed E-state index contributed by atoms with van der Waals surface area (Å²) in [4.78, 5) is 10.3. The minimum Gasteiger partial charge on any atom is -0.493 e. The van der Waals surface area contributed by atoms with Crippen LogP contribution < -0.4 is 4.74 Å². The molecule has 1 aromatic rings. The molecule has 0 bridgehead atoms. The van der Waals surface area contributed by atoms with E-state index in [-0.39, 0.29) is 13.0 Å². The van der Waals surface area contributed by atoms with Crippen molar-refractivity contribution in [2.75, 3.05) is 6.61 Å². The van der Waals surface area contributed by atoms with Crippen LogP contribution in [-0.4, -0.2) is 19.3 Å². The van der Waals surface area contributed by atoms with Crippen LogP contribution in [0.3, 0.4) is 0 Å². The highest BCUT2D eigenvalue weighted by Crippen LogP contribution is 2.12. The van der Waals surface area contributed by atoms with Gasteiger partial charge in [-0.3, -0.25) is 4.79 Å². The highest BCUT2D eigenvalue weighted by Gasteiger charge is 2.02. The first kappa shape index (κ1) is 10.6. The van der Waals surface area contributed by atoms with Gasteiger partial charge >= 0.3 is 0 Å². The molecule has 0 saturated heterocycles. The van der Waals surface area contributed by atoms with Gasteiger partial charge in [0.2, 0.25) is 6.43 Å². The summed E-state index contributed by atoms with van der Waals surface area (Å²) in [6, 6.07) is 6.31. The summed E-state index contributed by atoms with van der Waals surface area (Å²) in [5, 5.41) is 0. The summed E-state index contributed by atoms with van der Waals surface area (Å²) in [7, 11) is 0. The van der Waals surface area contributed by atoms with Crippen LogP contribution in [-0.2, 0) is 0 Å². The molecule has 14 heavy (non-hydrogen) atoms. The third kappa shape index (κ3) is 3.51. The van der Waals surface area contributed by atoms with Crippen LogP contribution in [0.25, 0.3) is 0 Å². The third-order valence-electron chi connectivity index (χ3n) is 1.62. The fourth-order valence-electron chi connectivity index (χ4n) is 0.908. The zero-order valence-electron chi connectivity index (χ0n) is 7.45. The van der Waals surface area contributed by atoms with Crippen molar-refractivity contribution in [2.24, 2.45) is 0 Å². The number of rotatable bonds is 5. The van der Waals surface area contributed by atoms with Crippen LogP contribution in [0.15, 0.2) is 24.3 Å². The molecule has 0 fully saturated rings. The van der Waals surface area contributed by atoms with E-state index < -0.39 is 6.43 Å². The lowest BCUT2D eigenvalue weighted by atomic mass is 10.2. The van der Waals surface area contributed by atoms with E-state index in [1.54, 1.807) is 24.3 Å². The van der Waals surface area contributed by atoms with Gasteiger partial charge in [0.25, 0.3) is 0 Å². The first-order chi connectivity index (χ1) is 6.72. The van der Waals surface area contributed by atoms with E-state index in [4.69, 9.17) is 4.74 Å². The van der Waals surface area contributed by atoms with Crippen LogP contribution in [0, 0.1) is 0 Å². The molecule has 0 heterocycles. The number of hydrogen-bond acceptors (Lipinski definition) is 2. The van der Waals surface area contributed by atoms with Gasteiger partial charge < -0.3 is 4.74 Å². The summed E-state index contributed by atoms with van der Waals surface area (Å²) in [6.07, 6.45) is -1.91. The van der Waals surface area contributed by atoms with E-state index in [2.05, 4.69) is 0 Å². The maximum atomic E-state index is 11.7. The molecule has 1 aromatic carbocycles. The smallest absolute Gasteiger partial charge is 0.241 e. The average Bonchev–Trinajstić information content (AvgIpc) is 2.18. The van der Waals surface area contributed by atoms with E-state index in [0.29, 0.717) is 17.6 Å². The second-order valence-corrected chi connectivity index (χ2v) is 2.72. The van der Waals surface area contributed by atoms with E-state index >= 15 is 0 Å². The van der Waals surface area contributed by atoms with Crippen LogP contribution in [0.1, 0.15) is 16.8 Å². The topological polar surface area (TPSA) is 26.3 Å². The molecule has 0 aliphatic heterocycles. The first-order valence-electron chi connectivity index (χ1n) is 4.18. The molecule has 0 aliphatic carbocycles. The van der Waals surface area contributed by atoms with Crippen molar-refractivity contribution in [3.8, 4) is 5.75 Å². The number of hydrogen-bond donors (Lipinski definition) is 0. The highest BCUT2D eigenvalue weighted by atomic mass is 19.3. The van der Waals surface area contributed by atoms with Crippen molar-refractivity contribution in [2.45, 2.75) is 12.8 Å². The van der Waals surface area contributed by atoms with Crippen molar-refractivity contribution in [3.63, 3.8) is 0 Å². The molecule has 0 aliphatic rings. The molecule has 0 unspecified atom stereocenters. The van der Waals surface area contributed by atoms with E-state index in [9.17, 15) is 13.6 Å². The van der Waals surface area contributed by atoms with Crippen molar-refractivity contribution in [1.82, 2.24) is 0 Å². The first-order valence-corrected chi connectivity index (χ1v) is 4.18. The van der Waals surface area contributed by atoms with Gasteiger partial charge in [0.05, 0.1) is 6.61 Å². The highest BCUT2D eigenvalue weighted by molar-refractivity contribution is 5.74. The standard InChI is InChI=1S/C10H10F2O2/c11-10(12)5-6-14-9-3-1-8(7-13)2-4-9/h1-4,7,10H,5-6H2. The Morgan fingerprint density at radius 3 is 2.43 bits per heavy atom. The van der Waals surface area contributed by atoms with Gasteiger partial charge in [0.15, 0.2) is 0 Å². The third-order valence-corrected chi connectivity index (χ3v) is 1.62. The predicted octanol–water partition coefficient (Wildman–Crippen LogP) is 2.53. The summed E-state index contributed by atoms with van der Waals surface area (Å²) in [5.41, 5.74) is 0.534. The number of ether oxygens (including phenoxy) is 1. The molecule has 0 aromatic heterocycles. The van der Waals surface area contributed by atoms with Crippen molar-refractivity contribution in [3.05, 3.63) is 29.8 Å². The second kappa shape index (κ2) is 5.32. The minimum absolute atomic E-state index is 0.0158. The summed E-state index contributed by atoms with van der Waals surface area (Å²) >= 11 is 0. The van der Waals surface area contributed by atoms with E-state index in [1.807, 2.05) is 0 Å². The molecular formula is C10H10F2O2. The average molecular weight is 200 g/mol. The number of aldehydes is 1. The maximum Gasteiger partial charge on any atom is 0.241 e. The zero-order chi connectivity index (χ0) is 10.4. The van der Waals surface area contributed by atoms with Gasteiger partial charge in [-0.2, -0.15) is 0 Å². The number of alkyl halides is 2. The van der Waals surface area contributed by atoms with Gasteiger partial charge in [-0.25, -0.2) is 8.78 Å². The molecule has 0 spiro atoms. The van der Waals surface area contributed by atoms with Crippen LogP contribution in [0.5, 0.6) is 5.75 Å².